The van der Waals surface area contributed by atoms with E-state index in [2.05, 4.69) is 14.7 Å². The van der Waals surface area contributed by atoms with E-state index >= 15 is 0 Å². The van der Waals surface area contributed by atoms with E-state index in [1.165, 1.54) is 36.7 Å². The molecule has 0 spiro atoms. The van der Waals surface area contributed by atoms with Crippen molar-refractivity contribution in [2.75, 3.05) is 10.5 Å². The highest BCUT2D eigenvalue weighted by Crippen LogP contribution is 2.14. The molecule has 19 heavy (non-hydrogen) atoms. The fourth-order valence-electron chi connectivity index (χ4n) is 1.18. The lowest BCUT2D eigenvalue weighted by molar-refractivity contribution is 0.601. The van der Waals surface area contributed by atoms with Crippen molar-refractivity contribution in [1.29, 1.82) is 0 Å². The van der Waals surface area contributed by atoms with E-state index in [1.807, 2.05) is 13.8 Å². The minimum absolute atomic E-state index is 0.0318. The molecule has 3 N–H and O–H groups in total. The number of nitrogens with two attached hydrogens (primary N) is 1. The first-order chi connectivity index (χ1) is 9.08. The molecule has 102 valence electrons. The smallest absolute Gasteiger partial charge is 0.264 e. The topological polar surface area (TPSA) is 98.0 Å². The second-order valence-electron chi connectivity index (χ2n) is 3.25. The summed E-state index contributed by atoms with van der Waals surface area (Å²) in [6, 6.07) is 7.46. The normalized spacial score (nSPS) is 10.2. The SMILES string of the molecule is CC.Nc1ccc(S(=O)(=O)Nc2ncccn2)cc1. The summed E-state index contributed by atoms with van der Waals surface area (Å²) in [6.45, 7) is 4.00. The van der Waals surface area contributed by atoms with Crippen molar-refractivity contribution in [2.45, 2.75) is 18.7 Å². The molecule has 6 nitrogen and oxygen atoms in total. The summed E-state index contributed by atoms with van der Waals surface area (Å²) >= 11 is 0. The van der Waals surface area contributed by atoms with Crippen molar-refractivity contribution < 1.29 is 8.42 Å². The highest BCUT2D eigenvalue weighted by molar-refractivity contribution is 7.92. The lowest BCUT2D eigenvalue weighted by atomic mass is 10.3. The predicted octanol–water partition coefficient (Wildman–Crippen LogP) is 1.89. The Morgan fingerprint density at radius 2 is 1.58 bits per heavy atom. The first kappa shape index (κ1) is 14.9. The molecule has 0 aliphatic heterocycles. The molecule has 0 saturated carbocycles. The maximum absolute atomic E-state index is 11.9. The molecule has 0 atom stereocenters. The van der Waals surface area contributed by atoms with Gasteiger partial charge >= 0.3 is 0 Å². The van der Waals surface area contributed by atoms with E-state index in [0.29, 0.717) is 5.69 Å². The molecule has 0 amide bonds. The molecule has 7 heteroatoms. The lowest BCUT2D eigenvalue weighted by Gasteiger charge is -2.05. The van der Waals surface area contributed by atoms with Crippen LogP contribution in [-0.4, -0.2) is 18.4 Å². The zero-order chi connectivity index (χ0) is 14.3. The fourth-order valence-corrected chi connectivity index (χ4v) is 2.14. The highest BCUT2D eigenvalue weighted by Gasteiger charge is 2.14. The van der Waals surface area contributed by atoms with E-state index in [4.69, 9.17) is 5.73 Å². The zero-order valence-corrected chi connectivity index (χ0v) is 11.6. The van der Waals surface area contributed by atoms with Crippen molar-refractivity contribution >= 4 is 21.7 Å². The van der Waals surface area contributed by atoms with Gasteiger partial charge in [-0.25, -0.2) is 23.1 Å². The molecule has 0 bridgehead atoms. The Labute approximate surface area is 112 Å². The Morgan fingerprint density at radius 3 is 2.11 bits per heavy atom. The van der Waals surface area contributed by atoms with Crippen molar-refractivity contribution in [2.24, 2.45) is 0 Å². The quantitative estimate of drug-likeness (QED) is 0.836. The Kier molecular flexibility index (Phi) is 5.25. The third-order valence-corrected chi connectivity index (χ3v) is 3.33. The molecule has 0 radical (unpaired) electrons. The van der Waals surface area contributed by atoms with Gasteiger partial charge in [-0.1, -0.05) is 13.8 Å². The number of rotatable bonds is 3. The number of nitrogens with one attached hydrogen (secondary N) is 1. The molecule has 0 aliphatic carbocycles. The van der Waals surface area contributed by atoms with Gasteiger partial charge in [-0.15, -0.1) is 0 Å². The number of anilines is 2. The third-order valence-electron chi connectivity index (χ3n) is 1.98. The van der Waals surface area contributed by atoms with Crippen LogP contribution in [0.1, 0.15) is 13.8 Å². The summed E-state index contributed by atoms with van der Waals surface area (Å²) in [5, 5.41) is 0. The fraction of sp³-hybridized carbons (Fsp3) is 0.167. The van der Waals surface area contributed by atoms with E-state index in [9.17, 15) is 8.42 Å². The molecule has 0 aliphatic rings. The van der Waals surface area contributed by atoms with Crippen LogP contribution in [0.25, 0.3) is 0 Å². The van der Waals surface area contributed by atoms with Gasteiger partial charge in [-0.2, -0.15) is 0 Å². The van der Waals surface area contributed by atoms with E-state index in [0.717, 1.165) is 0 Å². The number of hydrogen-bond donors (Lipinski definition) is 2. The maximum atomic E-state index is 11.9. The zero-order valence-electron chi connectivity index (χ0n) is 10.7. The Balaban J connectivity index is 0.000000861. The van der Waals surface area contributed by atoms with Gasteiger partial charge in [-0.05, 0) is 30.3 Å². The average Bonchev–Trinajstić information content (AvgIpc) is 2.42. The van der Waals surface area contributed by atoms with Gasteiger partial charge in [0.2, 0.25) is 5.95 Å². The Bertz CT molecular complexity index is 597. The predicted molar refractivity (Wildman–Crippen MR) is 75.0 cm³/mol. The van der Waals surface area contributed by atoms with Gasteiger partial charge in [0.1, 0.15) is 0 Å². The summed E-state index contributed by atoms with van der Waals surface area (Å²) < 4.78 is 26.0. The number of hydrogen-bond acceptors (Lipinski definition) is 5. The van der Waals surface area contributed by atoms with Gasteiger partial charge in [0.05, 0.1) is 4.90 Å². The molecular formula is C12H16N4O2S. The van der Waals surface area contributed by atoms with Crippen LogP contribution in [-0.2, 0) is 10.0 Å². The largest absolute Gasteiger partial charge is 0.399 e. The molecule has 0 fully saturated rings. The summed E-state index contributed by atoms with van der Waals surface area (Å²) in [7, 11) is -3.66. The van der Waals surface area contributed by atoms with Crippen LogP contribution < -0.4 is 10.5 Å². The van der Waals surface area contributed by atoms with Crippen molar-refractivity contribution in [3.8, 4) is 0 Å². The van der Waals surface area contributed by atoms with Crippen LogP contribution in [0.15, 0.2) is 47.6 Å². The van der Waals surface area contributed by atoms with Crippen molar-refractivity contribution in [1.82, 2.24) is 9.97 Å². The summed E-state index contributed by atoms with van der Waals surface area (Å²) in [5.41, 5.74) is 5.98. The van der Waals surface area contributed by atoms with E-state index in [1.54, 1.807) is 6.07 Å². The number of nitrogens with zero attached hydrogens (tertiary/aromatic N) is 2. The number of nitrogen functional groups attached to an aromatic ring is 1. The first-order valence-electron chi connectivity index (χ1n) is 5.73. The Hall–Kier alpha value is -2.15. The molecule has 2 rings (SSSR count). The second kappa shape index (κ2) is 6.69. The van der Waals surface area contributed by atoms with Gasteiger partial charge in [0, 0.05) is 18.1 Å². The lowest BCUT2D eigenvalue weighted by Crippen LogP contribution is -2.14. The summed E-state index contributed by atoms with van der Waals surface area (Å²) in [4.78, 5) is 7.67. The molecule has 1 aromatic carbocycles. The highest BCUT2D eigenvalue weighted by atomic mass is 32.2. The standard InChI is InChI=1S/C10H10N4O2S.C2H6/c11-8-2-4-9(5-3-8)17(15,16)14-10-12-6-1-7-13-10;1-2/h1-7H,11H2,(H,12,13,14);1-2H3. The molecule has 0 unspecified atom stereocenters. The molecule has 0 saturated heterocycles. The van der Waals surface area contributed by atoms with Gasteiger partial charge in [0.25, 0.3) is 10.0 Å². The monoisotopic (exact) mass is 280 g/mol. The Morgan fingerprint density at radius 1 is 1.05 bits per heavy atom. The maximum Gasteiger partial charge on any atom is 0.264 e. The summed E-state index contributed by atoms with van der Waals surface area (Å²) in [6.07, 6.45) is 2.90. The minimum Gasteiger partial charge on any atom is -0.399 e. The van der Waals surface area contributed by atoms with E-state index in [-0.39, 0.29) is 10.8 Å². The first-order valence-corrected chi connectivity index (χ1v) is 7.22. The van der Waals surface area contributed by atoms with Crippen LogP contribution in [0, 0.1) is 0 Å². The van der Waals surface area contributed by atoms with Crippen LogP contribution in [0.4, 0.5) is 11.6 Å². The van der Waals surface area contributed by atoms with Crippen LogP contribution in [0.3, 0.4) is 0 Å². The molecular weight excluding hydrogens is 264 g/mol. The van der Waals surface area contributed by atoms with E-state index < -0.39 is 10.0 Å². The minimum atomic E-state index is -3.66. The van der Waals surface area contributed by atoms with Crippen LogP contribution >= 0.6 is 0 Å². The number of benzene rings is 1. The van der Waals surface area contributed by atoms with Crippen molar-refractivity contribution in [3.63, 3.8) is 0 Å². The van der Waals surface area contributed by atoms with Crippen molar-refractivity contribution in [3.05, 3.63) is 42.7 Å². The summed E-state index contributed by atoms with van der Waals surface area (Å²) in [5.74, 6) is 0.0318. The molecule has 1 aromatic heterocycles. The second-order valence-corrected chi connectivity index (χ2v) is 4.93. The molecule has 2 aromatic rings. The third kappa shape index (κ3) is 4.22. The van der Waals surface area contributed by atoms with Crippen LogP contribution in [0.2, 0.25) is 0 Å². The van der Waals surface area contributed by atoms with Crippen LogP contribution in [0.5, 0.6) is 0 Å². The molecule has 1 heterocycles. The van der Waals surface area contributed by atoms with Gasteiger partial charge in [-0.3, -0.25) is 0 Å². The number of sulfonamides is 1. The number of aromatic nitrogens is 2. The van der Waals surface area contributed by atoms with Gasteiger partial charge in [0.15, 0.2) is 0 Å². The van der Waals surface area contributed by atoms with Gasteiger partial charge < -0.3 is 5.73 Å². The average molecular weight is 280 g/mol.